The van der Waals surface area contributed by atoms with E-state index in [0.29, 0.717) is 0 Å². The summed E-state index contributed by atoms with van der Waals surface area (Å²) in [5.41, 5.74) is 2.98. The van der Waals surface area contributed by atoms with Crippen LogP contribution in [0.4, 0.5) is 0 Å². The van der Waals surface area contributed by atoms with Gasteiger partial charge in [0.25, 0.3) is 0 Å². The van der Waals surface area contributed by atoms with Crippen LogP contribution in [0.15, 0.2) is 84.9 Å². The Labute approximate surface area is 161 Å². The van der Waals surface area contributed by atoms with Crippen LogP contribution in [-0.4, -0.2) is 25.0 Å². The van der Waals surface area contributed by atoms with Crippen molar-refractivity contribution < 1.29 is 9.53 Å². The van der Waals surface area contributed by atoms with Gasteiger partial charge >= 0.3 is 0 Å². The molecule has 3 heteroatoms. The predicted octanol–water partition coefficient (Wildman–Crippen LogP) is 5.05. The number of para-hydroxylation sites is 1. The summed E-state index contributed by atoms with van der Waals surface area (Å²) in [6.07, 6.45) is 0. The minimum Gasteiger partial charge on any atom is -0.496 e. The minimum atomic E-state index is -0.338. The number of ether oxygens (including phenoxy) is 1. The van der Waals surface area contributed by atoms with Gasteiger partial charge in [-0.05, 0) is 24.1 Å². The van der Waals surface area contributed by atoms with E-state index in [1.807, 2.05) is 104 Å². The first-order valence-electron chi connectivity index (χ1n) is 9.13. The van der Waals surface area contributed by atoms with Gasteiger partial charge in [-0.15, -0.1) is 0 Å². The van der Waals surface area contributed by atoms with Crippen LogP contribution in [0, 0.1) is 0 Å². The second kappa shape index (κ2) is 8.54. The molecule has 3 nitrogen and oxygen atoms in total. The van der Waals surface area contributed by atoms with Crippen LogP contribution < -0.4 is 4.74 Å². The van der Waals surface area contributed by atoms with E-state index >= 15 is 0 Å². The summed E-state index contributed by atoms with van der Waals surface area (Å²) in [5, 5.41) is 0. The molecule has 0 saturated carbocycles. The summed E-state index contributed by atoms with van der Waals surface area (Å²) < 4.78 is 5.49. The van der Waals surface area contributed by atoms with Gasteiger partial charge in [-0.3, -0.25) is 4.79 Å². The maximum Gasteiger partial charge on any atom is 0.234 e. The number of amides is 1. The molecular weight excluding hydrogens is 334 g/mol. The summed E-state index contributed by atoms with van der Waals surface area (Å²) in [6, 6.07) is 27.6. The molecule has 138 valence electrons. The van der Waals surface area contributed by atoms with E-state index in [1.165, 1.54) is 0 Å². The molecule has 0 spiro atoms. The number of carbonyl (C=O) groups excluding carboxylic acids is 1. The van der Waals surface area contributed by atoms with Gasteiger partial charge in [-0.1, -0.05) is 78.9 Å². The lowest BCUT2D eigenvalue weighted by Crippen LogP contribution is -2.34. The molecule has 0 N–H and O–H groups in total. The fourth-order valence-corrected chi connectivity index (χ4v) is 3.38. The number of methoxy groups -OCH3 is 1. The number of benzene rings is 3. The standard InChI is InChI=1S/C24H25NO2/c1-18(21-16-10-11-17-22(21)27-3)25(2)24(26)23(19-12-6-4-7-13-19)20-14-8-5-9-15-20/h4-18,23H,1-3H3. The zero-order valence-corrected chi connectivity index (χ0v) is 16.0. The monoisotopic (exact) mass is 359 g/mol. The Morgan fingerprint density at radius 1 is 0.815 bits per heavy atom. The molecule has 27 heavy (non-hydrogen) atoms. The highest BCUT2D eigenvalue weighted by Crippen LogP contribution is 2.32. The Bertz CT molecular complexity index is 838. The SMILES string of the molecule is COc1ccccc1C(C)N(C)C(=O)C(c1ccccc1)c1ccccc1. The van der Waals surface area contributed by atoms with Gasteiger partial charge in [-0.2, -0.15) is 0 Å². The summed E-state index contributed by atoms with van der Waals surface area (Å²) in [6.45, 7) is 2.03. The second-order valence-corrected chi connectivity index (χ2v) is 6.62. The molecule has 0 aliphatic heterocycles. The van der Waals surface area contributed by atoms with Crippen LogP contribution in [0.25, 0.3) is 0 Å². The average molecular weight is 359 g/mol. The van der Waals surface area contributed by atoms with Crippen molar-refractivity contribution in [1.82, 2.24) is 4.90 Å². The molecule has 0 radical (unpaired) electrons. The number of nitrogens with zero attached hydrogens (tertiary/aromatic N) is 1. The van der Waals surface area contributed by atoms with Gasteiger partial charge < -0.3 is 9.64 Å². The molecule has 3 aromatic rings. The molecule has 0 aliphatic carbocycles. The number of likely N-dealkylation sites (N-methyl/N-ethyl adjacent to an activating group) is 1. The number of rotatable bonds is 6. The number of hydrogen-bond acceptors (Lipinski definition) is 2. The van der Waals surface area contributed by atoms with Gasteiger partial charge in [-0.25, -0.2) is 0 Å². The second-order valence-electron chi connectivity index (χ2n) is 6.62. The van der Waals surface area contributed by atoms with Gasteiger partial charge in [0.05, 0.1) is 19.1 Å². The molecule has 0 heterocycles. The fraction of sp³-hybridized carbons (Fsp3) is 0.208. The van der Waals surface area contributed by atoms with Crippen LogP contribution in [0.2, 0.25) is 0 Å². The zero-order valence-electron chi connectivity index (χ0n) is 16.0. The summed E-state index contributed by atoms with van der Waals surface area (Å²) >= 11 is 0. The largest absolute Gasteiger partial charge is 0.496 e. The number of carbonyl (C=O) groups is 1. The van der Waals surface area contributed by atoms with Crippen LogP contribution in [0.1, 0.15) is 35.6 Å². The lowest BCUT2D eigenvalue weighted by molar-refractivity contribution is -0.132. The van der Waals surface area contributed by atoms with Crippen molar-refractivity contribution in [3.8, 4) is 5.75 Å². The van der Waals surface area contributed by atoms with E-state index in [-0.39, 0.29) is 17.9 Å². The Kier molecular flexibility index (Phi) is 5.92. The first-order chi connectivity index (χ1) is 13.1. The van der Waals surface area contributed by atoms with Gasteiger partial charge in [0.1, 0.15) is 5.75 Å². The molecule has 1 atom stereocenters. The molecule has 3 aromatic carbocycles. The highest BCUT2D eigenvalue weighted by atomic mass is 16.5. The maximum atomic E-state index is 13.5. The van der Waals surface area contributed by atoms with E-state index in [0.717, 1.165) is 22.4 Å². The third kappa shape index (κ3) is 4.03. The van der Waals surface area contributed by atoms with Gasteiger partial charge in [0.15, 0.2) is 0 Å². The van der Waals surface area contributed by atoms with Crippen LogP contribution >= 0.6 is 0 Å². The molecular formula is C24H25NO2. The molecule has 1 amide bonds. The summed E-state index contributed by atoms with van der Waals surface area (Å²) in [7, 11) is 3.52. The van der Waals surface area contributed by atoms with Crippen LogP contribution in [-0.2, 0) is 4.79 Å². The van der Waals surface area contributed by atoms with Crippen LogP contribution in [0.5, 0.6) is 5.75 Å². The Hall–Kier alpha value is -3.07. The van der Waals surface area contributed by atoms with Crippen molar-refractivity contribution in [2.75, 3.05) is 14.2 Å². The van der Waals surface area contributed by atoms with E-state index in [1.54, 1.807) is 7.11 Å². The molecule has 0 aliphatic rings. The van der Waals surface area contributed by atoms with Crippen molar-refractivity contribution in [1.29, 1.82) is 0 Å². The number of hydrogen-bond donors (Lipinski definition) is 0. The Morgan fingerprint density at radius 3 is 1.81 bits per heavy atom. The zero-order chi connectivity index (χ0) is 19.2. The quantitative estimate of drug-likeness (QED) is 0.616. The Morgan fingerprint density at radius 2 is 1.30 bits per heavy atom. The molecule has 0 saturated heterocycles. The minimum absolute atomic E-state index is 0.0609. The highest BCUT2D eigenvalue weighted by molar-refractivity contribution is 5.87. The first-order valence-corrected chi connectivity index (χ1v) is 9.13. The molecule has 0 fully saturated rings. The van der Waals surface area contributed by atoms with E-state index in [2.05, 4.69) is 0 Å². The van der Waals surface area contributed by atoms with Crippen molar-refractivity contribution in [3.05, 3.63) is 102 Å². The lowest BCUT2D eigenvalue weighted by Gasteiger charge is -2.30. The summed E-state index contributed by atoms with van der Waals surface area (Å²) in [4.78, 5) is 15.4. The van der Waals surface area contributed by atoms with E-state index in [4.69, 9.17) is 4.74 Å². The van der Waals surface area contributed by atoms with E-state index in [9.17, 15) is 4.79 Å². The first kappa shape index (κ1) is 18.7. The fourth-order valence-electron chi connectivity index (χ4n) is 3.38. The smallest absolute Gasteiger partial charge is 0.234 e. The van der Waals surface area contributed by atoms with Crippen molar-refractivity contribution >= 4 is 5.91 Å². The predicted molar refractivity (Wildman–Crippen MR) is 109 cm³/mol. The molecule has 3 rings (SSSR count). The highest BCUT2D eigenvalue weighted by Gasteiger charge is 2.29. The van der Waals surface area contributed by atoms with Gasteiger partial charge in [0.2, 0.25) is 5.91 Å². The third-order valence-electron chi connectivity index (χ3n) is 5.03. The topological polar surface area (TPSA) is 29.5 Å². The molecule has 0 bridgehead atoms. The Balaban J connectivity index is 1.96. The van der Waals surface area contributed by atoms with Crippen molar-refractivity contribution in [2.45, 2.75) is 18.9 Å². The molecule has 1 unspecified atom stereocenters. The van der Waals surface area contributed by atoms with E-state index < -0.39 is 0 Å². The third-order valence-corrected chi connectivity index (χ3v) is 5.03. The summed E-state index contributed by atoms with van der Waals surface area (Å²) in [5.74, 6) is 0.515. The maximum absolute atomic E-state index is 13.5. The average Bonchev–Trinajstić information content (AvgIpc) is 2.74. The van der Waals surface area contributed by atoms with Crippen LogP contribution in [0.3, 0.4) is 0 Å². The normalized spacial score (nSPS) is 11.9. The van der Waals surface area contributed by atoms with Crippen molar-refractivity contribution in [3.63, 3.8) is 0 Å². The molecule has 0 aromatic heterocycles. The van der Waals surface area contributed by atoms with Gasteiger partial charge in [0, 0.05) is 12.6 Å². The van der Waals surface area contributed by atoms with Crippen molar-refractivity contribution in [2.24, 2.45) is 0 Å². The lowest BCUT2D eigenvalue weighted by atomic mass is 9.89.